The van der Waals surface area contributed by atoms with Crippen molar-refractivity contribution in [1.29, 1.82) is 0 Å². The molecule has 0 aliphatic carbocycles. The zero-order chi connectivity index (χ0) is 69.1. The standard InChI is InChI=1S/C18H31N3O4.C15H25N3O4.C13H22N2O2.C8H10O3.C5H14N2.C3H6I2.CH4.Na.H2O/c1-13(2)16(23)19-8-10-21(11-9-20-17(24)14(3)4)12-15(22)25-18(5,6)7;1-11(2)14(21)16-6-8-18(5,10-13(19)20)9-7-17-15(22)12(3)4;1-10(2)12(16)14-8-6-5-7-9-15-13(17)11(3)4;1-5(2)7(9)11-8(10)6(3)4;6-4-2-1-3-5-7;1-2-3(4)5;;;/h1,3,8-12H2,2,4-7H3,(H,19,23)(H,20,24);1,3,6-10H2,2,4-5H3,(H2-,16,17,19,20,21,22);1,3,5-9H2,2,4H3,(H,14,16)(H,15,17);1,3H2,2,4H3;1-7H2;3H,2H2,1H3;1H4;;1H2/q;;;;;;;+1;/p-1. The Hall–Kier alpha value is -4.92. The van der Waals surface area contributed by atoms with E-state index in [1.807, 2.05) is 4.90 Å². The van der Waals surface area contributed by atoms with Crippen LogP contribution in [-0.2, 0) is 57.4 Å². The van der Waals surface area contributed by atoms with Crippen LogP contribution >= 0.6 is 45.2 Å². The Labute approximate surface area is 589 Å². The summed E-state index contributed by atoms with van der Waals surface area (Å²) in [5.41, 5.74) is 13.0. The van der Waals surface area contributed by atoms with Gasteiger partial charge in [-0.3, -0.25) is 38.5 Å². The smallest absolute Gasteiger partial charge is 0.870 e. The molecule has 0 aromatic heterocycles. The Kier molecular flexibility index (Phi) is 72.6. The van der Waals surface area contributed by atoms with E-state index >= 15 is 0 Å². The fourth-order valence-corrected chi connectivity index (χ4v) is 5.40. The molecule has 0 aromatic carbocycles. The fraction of sp³-hybridized carbons (Fsp3) is 0.587. The number of nitrogens with zero attached hydrogens (tertiary/aromatic N) is 2. The van der Waals surface area contributed by atoms with Crippen molar-refractivity contribution < 1.29 is 102 Å². The molecule has 0 bridgehead atoms. The average molecular weight is 1510 g/mol. The summed E-state index contributed by atoms with van der Waals surface area (Å²) in [5.74, 6) is -4.14. The molecule has 0 saturated carbocycles. The minimum atomic E-state index is -1.18. The first-order chi connectivity index (χ1) is 40.1. The van der Waals surface area contributed by atoms with Crippen molar-refractivity contribution in [2.24, 2.45) is 11.5 Å². The van der Waals surface area contributed by atoms with Crippen LogP contribution in [0.2, 0.25) is 0 Å². The Morgan fingerprint density at radius 2 is 0.778 bits per heavy atom. The number of carbonyl (C=O) groups is 10. The van der Waals surface area contributed by atoms with Gasteiger partial charge in [0.15, 0.2) is 0 Å². The van der Waals surface area contributed by atoms with E-state index in [0.29, 0.717) is 98.9 Å². The Balaban J connectivity index is -0.000000132. The molecule has 27 heteroatoms. The molecule has 0 aliphatic rings. The van der Waals surface area contributed by atoms with Gasteiger partial charge in [0.2, 0.25) is 35.4 Å². The number of nitrogens with two attached hydrogens (primary N) is 2. The normalized spacial score (nSPS) is 9.77. The second-order valence-corrected chi connectivity index (χ2v) is 26.8. The summed E-state index contributed by atoms with van der Waals surface area (Å²) < 4.78 is 10.6. The number of amides is 6. The van der Waals surface area contributed by atoms with Crippen LogP contribution in [0.5, 0.6) is 0 Å². The summed E-state index contributed by atoms with van der Waals surface area (Å²) >= 11 is 4.79. The maximum absolute atomic E-state index is 12.0. The number of hydrogen-bond acceptors (Lipinski definition) is 17. The van der Waals surface area contributed by atoms with E-state index in [1.54, 1.807) is 69.4 Å². The van der Waals surface area contributed by atoms with Crippen LogP contribution in [0.15, 0.2) is 97.2 Å². The molecular weight excluding hydrogens is 1400 g/mol. The predicted octanol–water partition coefficient (Wildman–Crippen LogP) is 2.46. The van der Waals surface area contributed by atoms with Crippen LogP contribution in [0, 0.1) is 0 Å². The van der Waals surface area contributed by atoms with E-state index in [9.17, 15) is 53.1 Å². The molecule has 0 aliphatic heterocycles. The second kappa shape index (κ2) is 62.9. The fourth-order valence-electron chi connectivity index (χ4n) is 5.40. The van der Waals surface area contributed by atoms with Gasteiger partial charge in [0.05, 0.1) is 47.7 Å². The number of carboxylic acids is 1. The number of hydrogen-bond donors (Lipinski definition) is 8. The Morgan fingerprint density at radius 3 is 1.01 bits per heavy atom. The average Bonchev–Trinajstić information content (AvgIpc) is 3.40. The monoisotopic (exact) mass is 1510 g/mol. The van der Waals surface area contributed by atoms with Crippen molar-refractivity contribution in [3.8, 4) is 0 Å². The Bertz CT molecular complexity index is 2170. The van der Waals surface area contributed by atoms with Gasteiger partial charge in [0.1, 0.15) is 12.1 Å². The van der Waals surface area contributed by atoms with Gasteiger partial charge >= 0.3 is 47.5 Å². The number of carboxylic acid groups (broad SMARTS) is 1. The van der Waals surface area contributed by atoms with Crippen LogP contribution in [0.4, 0.5) is 0 Å². The van der Waals surface area contributed by atoms with Gasteiger partial charge in [-0.15, -0.1) is 0 Å². The molecule has 0 aromatic rings. The van der Waals surface area contributed by atoms with Crippen LogP contribution in [-0.4, -0.2) is 180 Å². The summed E-state index contributed by atoms with van der Waals surface area (Å²) in [7, 11) is 1.73. The number of halogens is 2. The van der Waals surface area contributed by atoms with Gasteiger partial charge in [-0.2, -0.15) is 0 Å². The van der Waals surface area contributed by atoms with Gasteiger partial charge in [0.25, 0.3) is 0 Å². The van der Waals surface area contributed by atoms with Crippen LogP contribution in [0.25, 0.3) is 0 Å². The van der Waals surface area contributed by atoms with Crippen molar-refractivity contribution in [2.75, 3.05) is 98.7 Å². The van der Waals surface area contributed by atoms with E-state index in [0.717, 1.165) is 47.1 Å². The van der Waals surface area contributed by atoms with Gasteiger partial charge in [-0.25, -0.2) is 9.59 Å². The third kappa shape index (κ3) is 73.8. The van der Waals surface area contributed by atoms with Crippen molar-refractivity contribution in [1.82, 2.24) is 36.8 Å². The van der Waals surface area contributed by atoms with Gasteiger partial charge in [-0.1, -0.05) is 119 Å². The first kappa shape index (κ1) is 104. The topological polar surface area (TPSA) is 370 Å². The molecule has 0 heterocycles. The van der Waals surface area contributed by atoms with E-state index in [-0.39, 0.29) is 113 Å². The Morgan fingerprint density at radius 1 is 0.511 bits per heavy atom. The van der Waals surface area contributed by atoms with Crippen LogP contribution < -0.4 is 78.0 Å². The molecule has 11 N–H and O–H groups in total. The van der Waals surface area contributed by atoms with Crippen molar-refractivity contribution >= 4 is 105 Å². The van der Waals surface area contributed by atoms with Gasteiger partial charge < -0.3 is 72.7 Å². The molecule has 90 heavy (non-hydrogen) atoms. The van der Waals surface area contributed by atoms with Gasteiger partial charge in [0, 0.05) is 83.9 Å². The third-order valence-electron chi connectivity index (χ3n) is 10.4. The molecule has 24 nitrogen and oxygen atoms in total. The van der Waals surface area contributed by atoms with E-state index < -0.39 is 23.5 Å². The number of quaternary nitrogens is 1. The minimum Gasteiger partial charge on any atom is -0.870 e. The number of likely N-dealkylation sites (N-methyl/N-ethyl adjacent to an activating group) is 1. The number of unbranched alkanes of at least 4 members (excludes halogenated alkanes) is 4. The van der Waals surface area contributed by atoms with Crippen molar-refractivity contribution in [3.05, 3.63) is 97.2 Å². The third-order valence-corrected chi connectivity index (χ3v) is 12.2. The number of nitrogens with one attached hydrogen (secondary N) is 6. The molecule has 0 rings (SSSR count). The van der Waals surface area contributed by atoms with E-state index in [1.165, 1.54) is 26.7 Å². The molecule has 6 amide bonds. The molecule has 0 saturated heterocycles. The van der Waals surface area contributed by atoms with E-state index in [4.69, 9.17) is 16.2 Å². The molecule has 514 valence electrons. The number of aliphatic carboxylic acids is 1. The largest absolute Gasteiger partial charge is 1.00 e. The number of ether oxygens (including phenoxy) is 2. The summed E-state index contributed by atoms with van der Waals surface area (Å²) in [6, 6.07) is 0. The quantitative estimate of drug-likeness (QED) is 0.00660. The predicted molar refractivity (Wildman–Crippen MR) is 372 cm³/mol. The summed E-state index contributed by atoms with van der Waals surface area (Å²) in [6.45, 7) is 54.1. The maximum atomic E-state index is 12.0. The van der Waals surface area contributed by atoms with Crippen LogP contribution in [0.3, 0.4) is 0 Å². The second-order valence-electron chi connectivity index (χ2n) is 21.4. The van der Waals surface area contributed by atoms with E-state index in [2.05, 4.69) is 141 Å². The molecule has 0 unspecified atom stereocenters. The zero-order valence-electron chi connectivity index (χ0n) is 56.1. The SMILES string of the molecule is C.C=C(C)C(=O)NCCCCCNC(=O)C(=C)C.C=C(C)C(=O)NCCN(CCNC(=O)C(=C)C)CC(=O)OC(C)(C)C.C=C(C)C(=O)NCC[N+](C)(CCNC(=O)C(=C)C)CC(=O)[O-].C=C(C)C(=O)OC(=O)C(=C)C.CCC(I)I.NCCCCCN.[Na+].[OH-]. The first-order valence-electron chi connectivity index (χ1n) is 28.4. The number of alkyl halides is 2. The first-order valence-corrected chi connectivity index (χ1v) is 30.9. The molecule has 0 radical (unpaired) electrons. The summed E-state index contributed by atoms with van der Waals surface area (Å²) in [5, 5.41) is 27.2. The number of esters is 3. The van der Waals surface area contributed by atoms with Gasteiger partial charge in [-0.05, 0) is 128 Å². The number of rotatable bonds is 35. The van der Waals surface area contributed by atoms with Crippen molar-refractivity contribution in [2.45, 2.75) is 143 Å². The molecule has 0 fully saturated rings. The number of carbonyl (C=O) groups excluding carboxylic acids is 10. The van der Waals surface area contributed by atoms with Crippen molar-refractivity contribution in [3.63, 3.8) is 0 Å². The zero-order valence-corrected chi connectivity index (χ0v) is 62.5. The minimum absolute atomic E-state index is 0. The maximum Gasteiger partial charge on any atom is 1.00 e. The molecule has 0 spiro atoms. The summed E-state index contributed by atoms with van der Waals surface area (Å²) in [4.78, 5) is 114. The summed E-state index contributed by atoms with van der Waals surface area (Å²) in [6.07, 6.45) is 7.49. The van der Waals surface area contributed by atoms with Crippen LogP contribution in [0.1, 0.15) is 135 Å². The molecule has 0 atom stereocenters. The molecular formula is C63H113I2N10NaO14.